The molecule has 2 rings (SSSR count). The largest absolute Gasteiger partial charge is 0.384 e. The van der Waals surface area contributed by atoms with Gasteiger partial charge in [0.2, 0.25) is 0 Å². The molecule has 66 valence electrons. The summed E-state index contributed by atoms with van der Waals surface area (Å²) in [5, 5.41) is 9.94. The average Bonchev–Trinajstić information content (AvgIpc) is 2.33. The van der Waals surface area contributed by atoms with Crippen LogP contribution < -0.4 is 5.73 Å². The summed E-state index contributed by atoms with van der Waals surface area (Å²) in [7, 11) is 0. The molecule has 4 heteroatoms. The normalized spacial score (nSPS) is 34.8. The second-order valence-corrected chi connectivity index (χ2v) is 5.02. The van der Waals surface area contributed by atoms with Gasteiger partial charge in [0.05, 0.1) is 4.34 Å². The molecule has 12 heavy (non-hydrogen) atoms. The van der Waals surface area contributed by atoms with Crippen molar-refractivity contribution in [3.05, 3.63) is 21.3 Å². The molecule has 0 saturated heterocycles. The molecule has 0 spiro atoms. The van der Waals surface area contributed by atoms with E-state index in [-0.39, 0.29) is 6.04 Å². The summed E-state index contributed by atoms with van der Waals surface area (Å²) in [4.78, 5) is 0.939. The van der Waals surface area contributed by atoms with Crippen molar-refractivity contribution in [3.8, 4) is 0 Å². The van der Waals surface area contributed by atoms with Crippen LogP contribution in [0.2, 0.25) is 4.34 Å². The van der Waals surface area contributed by atoms with E-state index in [0.717, 1.165) is 9.21 Å². The Labute approximate surface area is 80.0 Å². The molecule has 1 aliphatic rings. The van der Waals surface area contributed by atoms with Crippen LogP contribution in [0.15, 0.2) is 12.1 Å². The van der Waals surface area contributed by atoms with Crippen molar-refractivity contribution in [1.82, 2.24) is 0 Å². The maximum atomic E-state index is 9.94. The van der Waals surface area contributed by atoms with Gasteiger partial charge in [-0.2, -0.15) is 0 Å². The second kappa shape index (κ2) is 2.70. The fourth-order valence-electron chi connectivity index (χ4n) is 1.57. The summed E-state index contributed by atoms with van der Waals surface area (Å²) in [5.41, 5.74) is 4.93. The van der Waals surface area contributed by atoms with Gasteiger partial charge in [-0.05, 0) is 25.0 Å². The van der Waals surface area contributed by atoms with Gasteiger partial charge in [-0.3, -0.25) is 0 Å². The summed E-state index contributed by atoms with van der Waals surface area (Å²) in [6, 6.07) is 3.83. The molecule has 1 aromatic rings. The Bertz CT molecular complexity index is 293. The Morgan fingerprint density at radius 3 is 2.67 bits per heavy atom. The summed E-state index contributed by atoms with van der Waals surface area (Å²) in [6.07, 6.45) is 1.31. The Hall–Kier alpha value is -0.0900. The van der Waals surface area contributed by atoms with Crippen molar-refractivity contribution in [1.29, 1.82) is 0 Å². The molecule has 0 amide bonds. The van der Waals surface area contributed by atoms with Gasteiger partial charge in [-0.15, -0.1) is 11.3 Å². The molecule has 2 nitrogen and oxygen atoms in total. The van der Waals surface area contributed by atoms with Crippen LogP contribution in [0.3, 0.4) is 0 Å². The van der Waals surface area contributed by atoms with Crippen molar-refractivity contribution in [2.75, 3.05) is 0 Å². The zero-order valence-corrected chi connectivity index (χ0v) is 8.03. The topological polar surface area (TPSA) is 46.2 Å². The zero-order chi connectivity index (χ0) is 8.77. The highest BCUT2D eigenvalue weighted by molar-refractivity contribution is 7.16. The van der Waals surface area contributed by atoms with Crippen molar-refractivity contribution in [3.63, 3.8) is 0 Å². The number of rotatable bonds is 1. The Morgan fingerprint density at radius 1 is 1.58 bits per heavy atom. The quantitative estimate of drug-likeness (QED) is 0.730. The SMILES string of the molecule is NC1CC(O)(c2ccc(Cl)s2)C1. The first-order valence-electron chi connectivity index (χ1n) is 3.84. The Morgan fingerprint density at radius 2 is 2.25 bits per heavy atom. The van der Waals surface area contributed by atoms with Crippen molar-refractivity contribution < 1.29 is 5.11 Å². The minimum absolute atomic E-state index is 0.149. The van der Waals surface area contributed by atoms with Crippen molar-refractivity contribution in [2.24, 2.45) is 5.73 Å². The van der Waals surface area contributed by atoms with Gasteiger partial charge in [0.1, 0.15) is 5.60 Å². The highest BCUT2D eigenvalue weighted by Gasteiger charge is 2.43. The van der Waals surface area contributed by atoms with E-state index in [1.54, 1.807) is 0 Å². The van der Waals surface area contributed by atoms with E-state index in [4.69, 9.17) is 17.3 Å². The molecular formula is C8H10ClNOS. The predicted molar refractivity (Wildman–Crippen MR) is 50.4 cm³/mol. The molecule has 0 atom stereocenters. The average molecular weight is 204 g/mol. The third kappa shape index (κ3) is 1.27. The van der Waals surface area contributed by atoms with Gasteiger partial charge in [0.25, 0.3) is 0 Å². The van der Waals surface area contributed by atoms with Crippen LogP contribution in [-0.4, -0.2) is 11.1 Å². The molecule has 1 fully saturated rings. The van der Waals surface area contributed by atoms with Crippen molar-refractivity contribution >= 4 is 22.9 Å². The van der Waals surface area contributed by atoms with Gasteiger partial charge in [-0.25, -0.2) is 0 Å². The summed E-state index contributed by atoms with van der Waals surface area (Å²) >= 11 is 7.19. The Kier molecular flexibility index (Phi) is 1.92. The lowest BCUT2D eigenvalue weighted by atomic mass is 9.75. The third-order valence-corrected chi connectivity index (χ3v) is 3.66. The molecule has 1 heterocycles. The standard InChI is InChI=1S/C8H10ClNOS/c9-7-2-1-6(12-7)8(11)3-5(10)4-8/h1-2,5,11H,3-4,10H2. The Balaban J connectivity index is 2.20. The first-order chi connectivity index (χ1) is 5.60. The van der Waals surface area contributed by atoms with E-state index in [9.17, 15) is 5.11 Å². The van der Waals surface area contributed by atoms with Gasteiger partial charge < -0.3 is 10.8 Å². The second-order valence-electron chi connectivity index (χ2n) is 3.30. The number of aliphatic hydroxyl groups is 1. The fraction of sp³-hybridized carbons (Fsp3) is 0.500. The van der Waals surface area contributed by atoms with Crippen LogP contribution >= 0.6 is 22.9 Å². The first-order valence-corrected chi connectivity index (χ1v) is 5.03. The molecule has 0 aromatic carbocycles. The molecule has 0 unspecified atom stereocenters. The lowest BCUT2D eigenvalue weighted by Gasteiger charge is -2.40. The molecule has 1 aliphatic carbocycles. The van der Waals surface area contributed by atoms with E-state index >= 15 is 0 Å². The van der Waals surface area contributed by atoms with Gasteiger partial charge in [0.15, 0.2) is 0 Å². The van der Waals surface area contributed by atoms with Gasteiger partial charge >= 0.3 is 0 Å². The number of hydrogen-bond donors (Lipinski definition) is 2. The fourth-order valence-corrected chi connectivity index (χ4v) is 2.72. The highest BCUT2D eigenvalue weighted by Crippen LogP contribution is 2.43. The zero-order valence-electron chi connectivity index (χ0n) is 6.46. The lowest BCUT2D eigenvalue weighted by Crippen LogP contribution is -2.48. The molecule has 0 aliphatic heterocycles. The highest BCUT2D eigenvalue weighted by atomic mass is 35.5. The van der Waals surface area contributed by atoms with Crippen LogP contribution in [0.1, 0.15) is 17.7 Å². The van der Waals surface area contributed by atoms with Crippen LogP contribution in [0.5, 0.6) is 0 Å². The maximum Gasteiger partial charge on any atom is 0.102 e. The maximum absolute atomic E-state index is 9.94. The van der Waals surface area contributed by atoms with Gasteiger partial charge in [-0.1, -0.05) is 11.6 Å². The summed E-state index contributed by atoms with van der Waals surface area (Å²) in [6.45, 7) is 0. The van der Waals surface area contributed by atoms with Crippen molar-refractivity contribution in [2.45, 2.75) is 24.5 Å². The minimum Gasteiger partial charge on any atom is -0.384 e. The molecule has 1 saturated carbocycles. The predicted octanol–water partition coefficient (Wildman–Crippen LogP) is 1.71. The van der Waals surface area contributed by atoms with Crippen LogP contribution in [0.25, 0.3) is 0 Å². The number of thiophene rings is 1. The summed E-state index contributed by atoms with van der Waals surface area (Å²) < 4.78 is 0.721. The van der Waals surface area contributed by atoms with E-state index in [2.05, 4.69) is 0 Å². The van der Waals surface area contributed by atoms with E-state index in [0.29, 0.717) is 12.8 Å². The first kappa shape index (κ1) is 8.51. The van der Waals surface area contributed by atoms with E-state index in [1.807, 2.05) is 12.1 Å². The van der Waals surface area contributed by atoms with E-state index in [1.165, 1.54) is 11.3 Å². The molecule has 0 bridgehead atoms. The van der Waals surface area contributed by atoms with Gasteiger partial charge in [0, 0.05) is 10.9 Å². The van der Waals surface area contributed by atoms with Crippen LogP contribution in [0, 0.1) is 0 Å². The monoisotopic (exact) mass is 203 g/mol. The third-order valence-electron chi connectivity index (χ3n) is 2.23. The molecule has 0 radical (unpaired) electrons. The number of halogens is 1. The molecule has 3 N–H and O–H groups in total. The molecular weight excluding hydrogens is 194 g/mol. The van der Waals surface area contributed by atoms with Crippen LogP contribution in [-0.2, 0) is 5.60 Å². The summed E-state index contributed by atoms with van der Waals surface area (Å²) in [5.74, 6) is 0. The lowest BCUT2D eigenvalue weighted by molar-refractivity contribution is -0.0490. The smallest absolute Gasteiger partial charge is 0.102 e. The number of hydrogen-bond acceptors (Lipinski definition) is 3. The van der Waals surface area contributed by atoms with E-state index < -0.39 is 5.60 Å². The minimum atomic E-state index is -0.683. The number of nitrogens with two attached hydrogens (primary N) is 1. The van der Waals surface area contributed by atoms with Crippen LogP contribution in [0.4, 0.5) is 0 Å². The molecule has 1 aromatic heterocycles.